The number of carboxylic acids is 1. The van der Waals surface area contributed by atoms with E-state index in [9.17, 15) is 4.79 Å². The molecule has 0 bridgehead atoms. The lowest BCUT2D eigenvalue weighted by Crippen LogP contribution is -2.08. The lowest BCUT2D eigenvalue weighted by Gasteiger charge is -2.04. The van der Waals surface area contributed by atoms with Crippen molar-refractivity contribution in [2.75, 3.05) is 13.2 Å². The van der Waals surface area contributed by atoms with Crippen molar-refractivity contribution in [1.29, 1.82) is 0 Å². The maximum Gasteiger partial charge on any atom is 0.329 e. The molecule has 15 heavy (non-hydrogen) atoms. The van der Waals surface area contributed by atoms with E-state index in [1.54, 1.807) is 6.20 Å². The lowest BCUT2D eigenvalue weighted by molar-refractivity contribution is -0.142. The third-order valence-electron chi connectivity index (χ3n) is 2.09. The Labute approximate surface area is 88.7 Å². The van der Waals surface area contributed by atoms with E-state index < -0.39 is 5.97 Å². The zero-order valence-corrected chi connectivity index (χ0v) is 8.85. The molecule has 5 heteroatoms. The van der Waals surface area contributed by atoms with Crippen LogP contribution in [-0.2, 0) is 16.1 Å². The number of carboxylic acid groups (broad SMARTS) is 1. The third kappa shape index (κ3) is 4.60. The molecule has 0 saturated heterocycles. The predicted molar refractivity (Wildman–Crippen MR) is 54.7 cm³/mol. The Hall–Kier alpha value is -1.36. The van der Waals surface area contributed by atoms with Crippen LogP contribution in [0.15, 0.2) is 12.4 Å². The quantitative estimate of drug-likeness (QED) is 0.687. The molecular weight excluding hydrogens is 196 g/mol. The van der Waals surface area contributed by atoms with Crippen LogP contribution in [0.5, 0.6) is 0 Å². The molecule has 5 nitrogen and oxygen atoms in total. The van der Waals surface area contributed by atoms with Crippen LogP contribution in [0, 0.1) is 6.92 Å². The van der Waals surface area contributed by atoms with Crippen LogP contribution in [0.1, 0.15) is 18.7 Å². The van der Waals surface area contributed by atoms with Crippen molar-refractivity contribution >= 4 is 5.97 Å². The Morgan fingerprint density at radius 1 is 1.60 bits per heavy atom. The maximum absolute atomic E-state index is 10.1. The number of imidazole rings is 1. The second-order valence-electron chi connectivity index (χ2n) is 3.32. The highest BCUT2D eigenvalue weighted by Crippen LogP contribution is 1.99. The van der Waals surface area contributed by atoms with Crippen molar-refractivity contribution in [3.05, 3.63) is 18.2 Å². The Kier molecular flexibility index (Phi) is 4.83. The summed E-state index contributed by atoms with van der Waals surface area (Å²) in [7, 11) is 0. The van der Waals surface area contributed by atoms with E-state index in [1.165, 1.54) is 0 Å². The molecule has 0 aliphatic heterocycles. The molecule has 1 rings (SSSR count). The average molecular weight is 212 g/mol. The molecule has 1 N–H and O–H groups in total. The smallest absolute Gasteiger partial charge is 0.329 e. The molecule has 1 aromatic rings. The number of aromatic nitrogens is 2. The summed E-state index contributed by atoms with van der Waals surface area (Å²) in [6.45, 7) is 3.16. The lowest BCUT2D eigenvalue weighted by atomic mass is 10.3. The zero-order chi connectivity index (χ0) is 11.1. The van der Waals surface area contributed by atoms with Gasteiger partial charge in [0.05, 0.1) is 0 Å². The number of carbonyl (C=O) groups is 1. The minimum Gasteiger partial charge on any atom is -0.480 e. The monoisotopic (exact) mass is 212 g/mol. The number of nitrogens with zero attached hydrogens (tertiary/aromatic N) is 2. The topological polar surface area (TPSA) is 64.4 Å². The molecule has 1 aromatic heterocycles. The second-order valence-corrected chi connectivity index (χ2v) is 3.32. The van der Waals surface area contributed by atoms with E-state index in [-0.39, 0.29) is 6.61 Å². The molecule has 0 aliphatic carbocycles. The number of hydrogen-bond donors (Lipinski definition) is 1. The molecule has 0 fully saturated rings. The molecule has 0 spiro atoms. The van der Waals surface area contributed by atoms with Gasteiger partial charge in [-0.25, -0.2) is 9.78 Å². The molecular formula is C10H16N2O3. The molecule has 0 saturated carbocycles. The molecule has 0 aromatic carbocycles. The molecule has 0 amide bonds. The van der Waals surface area contributed by atoms with Gasteiger partial charge >= 0.3 is 5.97 Å². The van der Waals surface area contributed by atoms with Gasteiger partial charge in [-0.2, -0.15) is 0 Å². The van der Waals surface area contributed by atoms with Crippen molar-refractivity contribution in [3.63, 3.8) is 0 Å². The van der Waals surface area contributed by atoms with Gasteiger partial charge in [-0.05, 0) is 19.8 Å². The average Bonchev–Trinajstić information content (AvgIpc) is 2.57. The fourth-order valence-corrected chi connectivity index (χ4v) is 1.29. The summed E-state index contributed by atoms with van der Waals surface area (Å²) in [5.74, 6) is 0.0851. The van der Waals surface area contributed by atoms with Crippen LogP contribution in [0.2, 0.25) is 0 Å². The van der Waals surface area contributed by atoms with Crippen molar-refractivity contribution < 1.29 is 14.6 Å². The predicted octanol–water partition coefficient (Wildman–Crippen LogP) is 1.07. The van der Waals surface area contributed by atoms with Crippen LogP contribution >= 0.6 is 0 Å². The highest BCUT2D eigenvalue weighted by molar-refractivity contribution is 5.67. The molecule has 0 radical (unpaired) electrons. The minimum atomic E-state index is -0.916. The second kappa shape index (κ2) is 6.19. The van der Waals surface area contributed by atoms with Gasteiger partial charge in [0.1, 0.15) is 12.4 Å². The number of ether oxygens (including phenoxy) is 1. The summed E-state index contributed by atoms with van der Waals surface area (Å²) < 4.78 is 6.99. The first-order chi connectivity index (χ1) is 7.20. The minimum absolute atomic E-state index is 0.204. The van der Waals surface area contributed by atoms with Crippen LogP contribution in [0.25, 0.3) is 0 Å². The first kappa shape index (κ1) is 11.7. The van der Waals surface area contributed by atoms with E-state index >= 15 is 0 Å². The molecule has 84 valence electrons. The Balaban J connectivity index is 2.03. The van der Waals surface area contributed by atoms with Crippen molar-refractivity contribution in [1.82, 2.24) is 9.55 Å². The van der Waals surface area contributed by atoms with E-state index in [0.717, 1.165) is 25.2 Å². The Morgan fingerprint density at radius 2 is 2.40 bits per heavy atom. The number of aliphatic carboxylic acids is 1. The zero-order valence-electron chi connectivity index (χ0n) is 8.85. The number of rotatable bonds is 7. The van der Waals surface area contributed by atoms with Crippen LogP contribution in [0.4, 0.5) is 0 Å². The van der Waals surface area contributed by atoms with Gasteiger partial charge in [0.25, 0.3) is 0 Å². The van der Waals surface area contributed by atoms with Crippen LogP contribution < -0.4 is 0 Å². The van der Waals surface area contributed by atoms with Gasteiger partial charge in [-0.15, -0.1) is 0 Å². The van der Waals surface area contributed by atoms with E-state index in [0.29, 0.717) is 6.61 Å². The number of unbranched alkanes of at least 4 members (excludes halogenated alkanes) is 1. The standard InChI is InChI=1S/C10H16N2O3/c1-9-11-4-6-12(9)5-2-3-7-15-8-10(13)14/h4,6H,2-3,5,7-8H2,1H3,(H,13,14). The van der Waals surface area contributed by atoms with Crippen LogP contribution in [0.3, 0.4) is 0 Å². The first-order valence-corrected chi connectivity index (χ1v) is 4.97. The van der Waals surface area contributed by atoms with Gasteiger partial charge in [0.15, 0.2) is 0 Å². The van der Waals surface area contributed by atoms with Gasteiger partial charge in [0.2, 0.25) is 0 Å². The van der Waals surface area contributed by atoms with E-state index in [2.05, 4.69) is 9.55 Å². The maximum atomic E-state index is 10.1. The first-order valence-electron chi connectivity index (χ1n) is 4.97. The van der Waals surface area contributed by atoms with E-state index in [4.69, 9.17) is 9.84 Å². The Bertz CT molecular complexity index is 309. The summed E-state index contributed by atoms with van der Waals surface area (Å²) in [5.41, 5.74) is 0. The highest BCUT2D eigenvalue weighted by atomic mass is 16.5. The summed E-state index contributed by atoms with van der Waals surface area (Å²) >= 11 is 0. The summed E-state index contributed by atoms with van der Waals surface area (Å²) in [5, 5.41) is 8.32. The van der Waals surface area contributed by atoms with Crippen molar-refractivity contribution in [2.24, 2.45) is 0 Å². The molecule has 0 atom stereocenters. The van der Waals surface area contributed by atoms with E-state index in [1.807, 2.05) is 13.1 Å². The molecule has 0 aliphatic rings. The summed E-state index contributed by atoms with van der Waals surface area (Å²) in [6.07, 6.45) is 5.55. The number of aryl methyl sites for hydroxylation is 2. The number of hydrogen-bond acceptors (Lipinski definition) is 3. The highest BCUT2D eigenvalue weighted by Gasteiger charge is 1.98. The normalized spacial score (nSPS) is 10.5. The largest absolute Gasteiger partial charge is 0.480 e. The SMILES string of the molecule is Cc1nccn1CCCCOCC(=O)O. The van der Waals surface area contributed by atoms with Gasteiger partial charge in [-0.1, -0.05) is 0 Å². The van der Waals surface area contributed by atoms with Gasteiger partial charge < -0.3 is 14.4 Å². The fourth-order valence-electron chi connectivity index (χ4n) is 1.29. The third-order valence-corrected chi connectivity index (χ3v) is 2.09. The van der Waals surface area contributed by atoms with Gasteiger partial charge in [-0.3, -0.25) is 0 Å². The summed E-state index contributed by atoms with van der Waals surface area (Å²) in [4.78, 5) is 14.2. The Morgan fingerprint density at radius 3 is 3.00 bits per heavy atom. The fraction of sp³-hybridized carbons (Fsp3) is 0.600. The van der Waals surface area contributed by atoms with Gasteiger partial charge in [0, 0.05) is 25.5 Å². The molecule has 1 heterocycles. The molecule has 0 unspecified atom stereocenters. The van der Waals surface area contributed by atoms with Crippen molar-refractivity contribution in [2.45, 2.75) is 26.3 Å². The van der Waals surface area contributed by atoms with Crippen LogP contribution in [-0.4, -0.2) is 33.8 Å². The summed E-state index contributed by atoms with van der Waals surface area (Å²) in [6, 6.07) is 0. The van der Waals surface area contributed by atoms with Crippen molar-refractivity contribution in [3.8, 4) is 0 Å².